The Balaban J connectivity index is 4.68. The van der Waals surface area contributed by atoms with Gasteiger partial charge in [-0.25, -0.2) is 0 Å². The van der Waals surface area contributed by atoms with E-state index in [0.717, 1.165) is 0 Å². The molecule has 0 atom stereocenters. The predicted octanol–water partition coefficient (Wildman–Crippen LogP) is 5.10. The summed E-state index contributed by atoms with van der Waals surface area (Å²) in [7, 11) is -3.26. The van der Waals surface area contributed by atoms with Gasteiger partial charge < -0.3 is 4.21 Å². The lowest BCUT2D eigenvalue weighted by molar-refractivity contribution is 0.634. The molecule has 2 nitrogen and oxygen atoms in total. The lowest BCUT2D eigenvalue weighted by Gasteiger charge is -2.24. The first-order chi connectivity index (χ1) is 5.41. The van der Waals surface area contributed by atoms with Gasteiger partial charge in [0.15, 0.2) is 16.6 Å². The van der Waals surface area contributed by atoms with Crippen molar-refractivity contribution < 1.29 is 4.21 Å². The van der Waals surface area contributed by atoms with Crippen LogP contribution in [0.25, 0.3) is 0 Å². The Morgan fingerprint density at radius 2 is 1.38 bits per heavy atom. The summed E-state index contributed by atoms with van der Waals surface area (Å²) in [6, 6.07) is 0. The molecule has 0 aliphatic heterocycles. The molecule has 80 valence electrons. The monoisotopic (exact) mass is 277 g/mol. The first-order valence-corrected chi connectivity index (χ1v) is 14.5. The molecule has 0 aliphatic rings. The van der Waals surface area contributed by atoms with Gasteiger partial charge in [0.05, 0.1) is 0 Å². The smallest absolute Gasteiger partial charge is 0.245 e. The summed E-state index contributed by atoms with van der Waals surface area (Å²) in [6.07, 6.45) is 0. The molecule has 0 aliphatic carbocycles. The van der Waals surface area contributed by atoms with Crippen molar-refractivity contribution in [2.75, 3.05) is 0 Å². The number of halogens is 2. The fourth-order valence-corrected chi connectivity index (χ4v) is 14.5. The van der Waals surface area contributed by atoms with Crippen LogP contribution in [0.3, 0.4) is 0 Å². The molecule has 0 saturated carbocycles. The van der Waals surface area contributed by atoms with E-state index in [-0.39, 0.29) is 0 Å². The minimum Gasteiger partial charge on any atom is -0.364 e. The fourth-order valence-electron chi connectivity index (χ4n) is 0.699. The molecule has 0 N–H and O–H groups in total. The maximum Gasteiger partial charge on any atom is 0.245 e. The molecular weight excluding hydrogens is 260 g/mol. The average molecular weight is 278 g/mol. The number of hydrogen-bond acceptors (Lipinski definition) is 2. The summed E-state index contributed by atoms with van der Waals surface area (Å²) in [5.41, 5.74) is 0. The van der Waals surface area contributed by atoms with Crippen molar-refractivity contribution in [3.05, 3.63) is 0 Å². The standard InChI is InChI=1S/C6H18Cl2NOPSi2/c1-12(2,3)9-11(7,8)10-13(4,5)6/h1-6H3. The third kappa shape index (κ3) is 9.51. The van der Waals surface area contributed by atoms with Gasteiger partial charge in [0, 0.05) is 0 Å². The van der Waals surface area contributed by atoms with Gasteiger partial charge in [0.25, 0.3) is 0 Å². The molecule has 0 fully saturated rings. The lowest BCUT2D eigenvalue weighted by Crippen LogP contribution is -2.23. The van der Waals surface area contributed by atoms with Crippen LogP contribution in [0, 0.1) is 0 Å². The third-order valence-electron chi connectivity index (χ3n) is 0.800. The van der Waals surface area contributed by atoms with Crippen LogP contribution < -0.4 is 0 Å². The summed E-state index contributed by atoms with van der Waals surface area (Å²) in [6.45, 7) is 12.5. The SMILES string of the molecule is C[Si](C)(C)N=P(Cl)(Cl)O[Si](C)(C)C. The predicted molar refractivity (Wildman–Crippen MR) is 68.8 cm³/mol. The minimum absolute atomic E-state index is 1.58. The van der Waals surface area contributed by atoms with Gasteiger partial charge in [-0.05, 0) is 61.8 Å². The second kappa shape index (κ2) is 4.37. The van der Waals surface area contributed by atoms with Crippen LogP contribution in [-0.2, 0) is 4.21 Å². The van der Waals surface area contributed by atoms with Crippen molar-refractivity contribution >= 4 is 45.0 Å². The Labute approximate surface area is 92.9 Å². The van der Waals surface area contributed by atoms with E-state index < -0.39 is 22.5 Å². The van der Waals surface area contributed by atoms with E-state index in [1.807, 2.05) is 0 Å². The molecule has 0 aromatic carbocycles. The highest BCUT2D eigenvalue weighted by Gasteiger charge is 2.27. The van der Waals surface area contributed by atoms with Crippen molar-refractivity contribution in [1.82, 2.24) is 0 Å². The van der Waals surface area contributed by atoms with Crippen LogP contribution >= 0.6 is 28.5 Å². The number of rotatable bonds is 3. The Morgan fingerprint density at radius 3 is 1.62 bits per heavy atom. The normalized spacial score (nSPS) is 14.5. The highest BCUT2D eigenvalue weighted by Crippen LogP contribution is 2.63. The molecule has 0 unspecified atom stereocenters. The van der Waals surface area contributed by atoms with Gasteiger partial charge in [-0.15, -0.1) is 0 Å². The van der Waals surface area contributed by atoms with Crippen LogP contribution in [-0.4, -0.2) is 16.6 Å². The van der Waals surface area contributed by atoms with Gasteiger partial charge in [-0.3, -0.25) is 4.41 Å². The molecule has 0 aromatic rings. The fraction of sp³-hybridized carbons (Fsp3) is 1.00. The molecule has 0 bridgehead atoms. The third-order valence-corrected chi connectivity index (χ3v) is 9.80. The number of hydrogen-bond donors (Lipinski definition) is 0. The van der Waals surface area contributed by atoms with E-state index in [1.54, 1.807) is 0 Å². The Morgan fingerprint density at radius 1 is 1.00 bits per heavy atom. The van der Waals surface area contributed by atoms with Crippen molar-refractivity contribution in [2.24, 2.45) is 4.41 Å². The van der Waals surface area contributed by atoms with E-state index in [2.05, 4.69) is 43.7 Å². The molecule has 0 spiro atoms. The second-order valence-electron chi connectivity index (χ2n) is 4.91. The molecule has 0 radical (unpaired) electrons. The van der Waals surface area contributed by atoms with E-state index in [0.29, 0.717) is 0 Å². The van der Waals surface area contributed by atoms with Gasteiger partial charge in [0.2, 0.25) is 5.99 Å². The van der Waals surface area contributed by atoms with Crippen molar-refractivity contribution in [3.8, 4) is 0 Å². The van der Waals surface area contributed by atoms with Crippen molar-refractivity contribution in [1.29, 1.82) is 0 Å². The Kier molecular flexibility index (Phi) is 4.78. The topological polar surface area (TPSA) is 21.6 Å². The summed E-state index contributed by atoms with van der Waals surface area (Å²) in [5, 5.41) is 0. The quantitative estimate of drug-likeness (QED) is 0.520. The molecule has 13 heavy (non-hydrogen) atoms. The van der Waals surface area contributed by atoms with Gasteiger partial charge in [-0.1, -0.05) is 0 Å². The number of nitrogens with zero attached hydrogens (tertiary/aromatic N) is 1. The first-order valence-electron chi connectivity index (χ1n) is 4.15. The lowest BCUT2D eigenvalue weighted by atomic mass is 11.8. The highest BCUT2D eigenvalue weighted by molar-refractivity contribution is 8.08. The zero-order valence-corrected chi connectivity index (χ0v) is 13.5. The average Bonchev–Trinajstić information content (AvgIpc) is 1.43. The van der Waals surface area contributed by atoms with Gasteiger partial charge in [0.1, 0.15) is 0 Å². The van der Waals surface area contributed by atoms with E-state index in [1.165, 1.54) is 0 Å². The highest BCUT2D eigenvalue weighted by atomic mass is 35.9. The zero-order valence-electron chi connectivity index (χ0n) is 9.06. The van der Waals surface area contributed by atoms with E-state index in [9.17, 15) is 0 Å². The Hall–Kier alpha value is 1.20. The van der Waals surface area contributed by atoms with Gasteiger partial charge in [-0.2, -0.15) is 0 Å². The van der Waals surface area contributed by atoms with Crippen LogP contribution in [0.5, 0.6) is 0 Å². The van der Waals surface area contributed by atoms with Crippen LogP contribution in [0.1, 0.15) is 0 Å². The summed E-state index contributed by atoms with van der Waals surface area (Å²) < 4.78 is 10.1. The van der Waals surface area contributed by atoms with E-state index >= 15 is 0 Å². The molecule has 0 amide bonds. The maximum absolute atomic E-state index is 6.06. The molecular formula is C6H18Cl2NOPSi2. The zero-order chi connectivity index (χ0) is 10.9. The molecule has 0 heterocycles. The minimum atomic E-state index is -2.49. The van der Waals surface area contributed by atoms with Crippen molar-refractivity contribution in [3.63, 3.8) is 0 Å². The van der Waals surface area contributed by atoms with Crippen LogP contribution in [0.2, 0.25) is 39.3 Å². The van der Waals surface area contributed by atoms with E-state index in [4.69, 9.17) is 26.7 Å². The second-order valence-corrected chi connectivity index (χ2v) is 19.1. The molecule has 0 rings (SSSR count). The molecule has 7 heteroatoms. The Bertz CT molecular complexity index is 228. The van der Waals surface area contributed by atoms with Crippen LogP contribution in [0.15, 0.2) is 4.41 Å². The van der Waals surface area contributed by atoms with Crippen molar-refractivity contribution in [2.45, 2.75) is 39.3 Å². The molecule has 0 aromatic heterocycles. The first kappa shape index (κ1) is 14.2. The van der Waals surface area contributed by atoms with Gasteiger partial charge >= 0.3 is 0 Å². The largest absolute Gasteiger partial charge is 0.364 e. The summed E-state index contributed by atoms with van der Waals surface area (Å²) >= 11 is 12.1. The molecule has 0 saturated heterocycles. The maximum atomic E-state index is 6.06. The summed E-state index contributed by atoms with van der Waals surface area (Å²) in [5.74, 6) is -2.49. The summed E-state index contributed by atoms with van der Waals surface area (Å²) in [4.78, 5) is 0. The van der Waals surface area contributed by atoms with Crippen LogP contribution in [0.4, 0.5) is 0 Å².